The predicted molar refractivity (Wildman–Crippen MR) is 81.5 cm³/mol. The summed E-state index contributed by atoms with van der Waals surface area (Å²) < 4.78 is 5.69. The van der Waals surface area contributed by atoms with Crippen LogP contribution in [0.25, 0.3) is 0 Å². The van der Waals surface area contributed by atoms with Crippen molar-refractivity contribution >= 4 is 11.5 Å². The number of morpholine rings is 1. The summed E-state index contributed by atoms with van der Waals surface area (Å²) in [6, 6.07) is 7.78. The average molecular weight is 276 g/mol. The highest BCUT2D eigenvalue weighted by molar-refractivity contribution is 5.97. The molecule has 4 nitrogen and oxygen atoms in total. The standard InChI is InChI=1S/C16H24N2O2/c1-12-9-18(10-13(2)20-12)11-16(19)14-5-7-15(8-6-14)17(3)4/h5-8,12-13H,9-11H2,1-4H3. The van der Waals surface area contributed by atoms with Crippen LogP contribution < -0.4 is 4.90 Å². The third-order valence-electron chi connectivity index (χ3n) is 3.57. The largest absolute Gasteiger partial charge is 0.378 e. The van der Waals surface area contributed by atoms with Crippen molar-refractivity contribution in [2.45, 2.75) is 26.1 Å². The van der Waals surface area contributed by atoms with Gasteiger partial charge in [-0.05, 0) is 38.1 Å². The van der Waals surface area contributed by atoms with E-state index in [1.54, 1.807) is 0 Å². The zero-order valence-corrected chi connectivity index (χ0v) is 12.8. The molecule has 1 saturated heterocycles. The number of benzene rings is 1. The topological polar surface area (TPSA) is 32.8 Å². The second-order valence-corrected chi connectivity index (χ2v) is 5.82. The summed E-state index contributed by atoms with van der Waals surface area (Å²) in [5.41, 5.74) is 1.89. The summed E-state index contributed by atoms with van der Waals surface area (Å²) in [6.45, 7) is 6.23. The molecule has 1 aliphatic heterocycles. The second kappa shape index (κ2) is 6.37. The van der Waals surface area contributed by atoms with E-state index in [2.05, 4.69) is 18.7 Å². The van der Waals surface area contributed by atoms with E-state index in [4.69, 9.17) is 4.74 Å². The number of hydrogen-bond donors (Lipinski definition) is 0. The average Bonchev–Trinajstić information content (AvgIpc) is 2.37. The molecule has 0 radical (unpaired) electrons. The minimum atomic E-state index is 0.177. The number of ketones is 1. The fraction of sp³-hybridized carbons (Fsp3) is 0.562. The van der Waals surface area contributed by atoms with Gasteiger partial charge in [0.15, 0.2) is 5.78 Å². The van der Waals surface area contributed by atoms with Gasteiger partial charge in [-0.25, -0.2) is 0 Å². The summed E-state index contributed by atoms with van der Waals surface area (Å²) in [6.07, 6.45) is 0.394. The predicted octanol–water partition coefficient (Wildman–Crippen LogP) is 2.04. The zero-order chi connectivity index (χ0) is 14.7. The molecule has 0 N–H and O–H groups in total. The number of carbonyl (C=O) groups is 1. The first-order chi connectivity index (χ1) is 9.45. The molecule has 110 valence electrons. The lowest BCUT2D eigenvalue weighted by molar-refractivity contribution is -0.0652. The Balaban J connectivity index is 1.97. The zero-order valence-electron chi connectivity index (χ0n) is 12.8. The molecule has 2 unspecified atom stereocenters. The van der Waals surface area contributed by atoms with Gasteiger partial charge in [-0.15, -0.1) is 0 Å². The smallest absolute Gasteiger partial charge is 0.176 e. The number of carbonyl (C=O) groups excluding carboxylic acids is 1. The van der Waals surface area contributed by atoms with Gasteiger partial charge in [0.2, 0.25) is 0 Å². The quantitative estimate of drug-likeness (QED) is 0.788. The summed E-state index contributed by atoms with van der Waals surface area (Å²) in [4.78, 5) is 16.5. The van der Waals surface area contributed by atoms with E-state index in [1.807, 2.05) is 43.3 Å². The maximum absolute atomic E-state index is 12.3. The van der Waals surface area contributed by atoms with Gasteiger partial charge in [-0.1, -0.05) is 0 Å². The molecule has 0 aliphatic carbocycles. The third kappa shape index (κ3) is 3.81. The molecule has 2 atom stereocenters. The van der Waals surface area contributed by atoms with Crippen LogP contribution in [0.4, 0.5) is 5.69 Å². The summed E-state index contributed by atoms with van der Waals surface area (Å²) in [5, 5.41) is 0. The molecule has 1 heterocycles. The van der Waals surface area contributed by atoms with Crippen LogP contribution in [0.1, 0.15) is 24.2 Å². The molecule has 0 amide bonds. The van der Waals surface area contributed by atoms with Crippen LogP contribution in [0.2, 0.25) is 0 Å². The maximum Gasteiger partial charge on any atom is 0.176 e. The molecule has 0 bridgehead atoms. The highest BCUT2D eigenvalue weighted by Gasteiger charge is 2.23. The minimum Gasteiger partial charge on any atom is -0.378 e. The van der Waals surface area contributed by atoms with Crippen LogP contribution in [0.3, 0.4) is 0 Å². The fourth-order valence-electron chi connectivity index (χ4n) is 2.65. The lowest BCUT2D eigenvalue weighted by Gasteiger charge is -2.34. The van der Waals surface area contributed by atoms with E-state index in [9.17, 15) is 4.79 Å². The lowest BCUT2D eigenvalue weighted by Crippen LogP contribution is -2.47. The van der Waals surface area contributed by atoms with E-state index < -0.39 is 0 Å². The normalized spacial score (nSPS) is 23.6. The van der Waals surface area contributed by atoms with Gasteiger partial charge < -0.3 is 9.64 Å². The Hall–Kier alpha value is -1.39. The molecule has 2 rings (SSSR count). The van der Waals surface area contributed by atoms with E-state index in [0.717, 1.165) is 24.3 Å². The molecular weight excluding hydrogens is 252 g/mol. The Morgan fingerprint density at radius 2 is 1.75 bits per heavy atom. The van der Waals surface area contributed by atoms with Crippen molar-refractivity contribution < 1.29 is 9.53 Å². The Kier molecular flexibility index (Phi) is 4.78. The van der Waals surface area contributed by atoms with Crippen molar-refractivity contribution in [3.8, 4) is 0 Å². The SMILES string of the molecule is CC1CN(CC(=O)c2ccc(N(C)C)cc2)CC(C)O1. The molecule has 4 heteroatoms. The molecule has 0 aromatic heterocycles. The number of hydrogen-bond acceptors (Lipinski definition) is 4. The number of ether oxygens (including phenoxy) is 1. The first-order valence-electron chi connectivity index (χ1n) is 7.14. The molecule has 1 aromatic rings. The van der Waals surface area contributed by atoms with Gasteiger partial charge >= 0.3 is 0 Å². The van der Waals surface area contributed by atoms with Crippen molar-refractivity contribution in [2.75, 3.05) is 38.6 Å². The Labute approximate surface area is 121 Å². The van der Waals surface area contributed by atoms with Gasteiger partial charge in [-0.2, -0.15) is 0 Å². The molecule has 0 spiro atoms. The van der Waals surface area contributed by atoms with Crippen molar-refractivity contribution in [1.82, 2.24) is 4.90 Å². The van der Waals surface area contributed by atoms with Crippen molar-refractivity contribution in [3.63, 3.8) is 0 Å². The lowest BCUT2D eigenvalue weighted by atomic mass is 10.1. The van der Waals surface area contributed by atoms with Crippen LogP contribution in [0, 0.1) is 0 Å². The molecule has 1 aromatic carbocycles. The van der Waals surface area contributed by atoms with E-state index in [-0.39, 0.29) is 18.0 Å². The number of Topliss-reactive ketones (excluding diaryl/α,β-unsaturated/α-hetero) is 1. The van der Waals surface area contributed by atoms with E-state index in [0.29, 0.717) is 6.54 Å². The van der Waals surface area contributed by atoms with Gasteiger partial charge in [0.1, 0.15) is 0 Å². The van der Waals surface area contributed by atoms with Crippen molar-refractivity contribution in [1.29, 1.82) is 0 Å². The summed E-state index contributed by atoms with van der Waals surface area (Å²) >= 11 is 0. The second-order valence-electron chi connectivity index (χ2n) is 5.82. The van der Waals surface area contributed by atoms with Crippen LogP contribution in [0.15, 0.2) is 24.3 Å². The molecule has 20 heavy (non-hydrogen) atoms. The third-order valence-corrected chi connectivity index (χ3v) is 3.57. The fourth-order valence-corrected chi connectivity index (χ4v) is 2.65. The summed E-state index contributed by atoms with van der Waals surface area (Å²) in [5.74, 6) is 0.177. The first-order valence-corrected chi connectivity index (χ1v) is 7.14. The molecule has 1 fully saturated rings. The number of anilines is 1. The Bertz CT molecular complexity index is 446. The molecular formula is C16H24N2O2. The van der Waals surface area contributed by atoms with Gasteiger partial charge in [0.05, 0.1) is 18.8 Å². The van der Waals surface area contributed by atoms with Crippen LogP contribution in [-0.2, 0) is 4.74 Å². The first kappa shape index (κ1) is 15.0. The number of rotatable bonds is 4. The van der Waals surface area contributed by atoms with Crippen LogP contribution in [-0.4, -0.2) is 56.6 Å². The highest BCUT2D eigenvalue weighted by Crippen LogP contribution is 2.15. The highest BCUT2D eigenvalue weighted by atomic mass is 16.5. The monoisotopic (exact) mass is 276 g/mol. The van der Waals surface area contributed by atoms with Gasteiger partial charge in [0.25, 0.3) is 0 Å². The van der Waals surface area contributed by atoms with Gasteiger partial charge in [0, 0.05) is 38.4 Å². The van der Waals surface area contributed by atoms with Crippen molar-refractivity contribution in [2.24, 2.45) is 0 Å². The van der Waals surface area contributed by atoms with Crippen LogP contribution in [0.5, 0.6) is 0 Å². The van der Waals surface area contributed by atoms with Crippen LogP contribution >= 0.6 is 0 Å². The molecule has 0 saturated carbocycles. The van der Waals surface area contributed by atoms with E-state index in [1.165, 1.54) is 0 Å². The van der Waals surface area contributed by atoms with Gasteiger partial charge in [-0.3, -0.25) is 9.69 Å². The Morgan fingerprint density at radius 3 is 2.25 bits per heavy atom. The summed E-state index contributed by atoms with van der Waals surface area (Å²) in [7, 11) is 3.99. The maximum atomic E-state index is 12.3. The Morgan fingerprint density at radius 1 is 1.20 bits per heavy atom. The number of nitrogens with zero attached hydrogens (tertiary/aromatic N) is 2. The molecule has 1 aliphatic rings. The van der Waals surface area contributed by atoms with E-state index >= 15 is 0 Å². The minimum absolute atomic E-state index is 0.177. The van der Waals surface area contributed by atoms with Crippen molar-refractivity contribution in [3.05, 3.63) is 29.8 Å².